The topological polar surface area (TPSA) is 90.4 Å². The Labute approximate surface area is 145 Å². The highest BCUT2D eigenvalue weighted by Crippen LogP contribution is 2.50. The lowest BCUT2D eigenvalue weighted by molar-refractivity contribution is -0.142. The fourth-order valence-electron chi connectivity index (χ4n) is 3.25. The van der Waals surface area contributed by atoms with E-state index in [1.165, 1.54) is 6.92 Å². The number of nitrogens with one attached hydrogen (secondary N) is 1. The fourth-order valence-corrected chi connectivity index (χ4v) is 5.44. The molecule has 2 aromatic carbocycles. The minimum atomic E-state index is -3.71. The van der Waals surface area contributed by atoms with Crippen molar-refractivity contribution in [3.63, 3.8) is 0 Å². The van der Waals surface area contributed by atoms with E-state index in [2.05, 4.69) is 4.98 Å². The van der Waals surface area contributed by atoms with E-state index in [9.17, 15) is 19.4 Å². The molecule has 2 atom stereocenters. The first-order valence-corrected chi connectivity index (χ1v) is 10.00. The minimum Gasteiger partial charge on any atom is -0.481 e. The summed E-state index contributed by atoms with van der Waals surface area (Å²) in [6.07, 6.45) is 1.37. The standard InChI is InChI=1S/C19H20NO4P/c1-19(18(21)22,16-8-5-9-17-15(16)10-11-20-17)13-25(23,24)12-14-6-3-2-4-7-14/h2-11,20H,12-13H2,1H3,(H,21,22)(H,23,24). The van der Waals surface area contributed by atoms with E-state index in [4.69, 9.17) is 0 Å². The number of H-pyrrole nitrogens is 1. The fraction of sp³-hybridized carbons (Fsp3) is 0.211. The molecule has 0 bridgehead atoms. The molecule has 130 valence electrons. The van der Waals surface area contributed by atoms with Crippen LogP contribution >= 0.6 is 7.37 Å². The quantitative estimate of drug-likeness (QED) is 0.582. The summed E-state index contributed by atoms with van der Waals surface area (Å²) in [4.78, 5) is 25.6. The molecular formula is C19H20NO4P. The Morgan fingerprint density at radius 3 is 2.52 bits per heavy atom. The van der Waals surface area contributed by atoms with E-state index in [1.807, 2.05) is 12.1 Å². The Balaban J connectivity index is 1.99. The van der Waals surface area contributed by atoms with Crippen molar-refractivity contribution in [3.05, 3.63) is 71.9 Å². The first-order chi connectivity index (χ1) is 11.8. The third-order valence-corrected chi connectivity index (χ3v) is 6.48. The van der Waals surface area contributed by atoms with Gasteiger partial charge in [-0.25, -0.2) is 0 Å². The maximum atomic E-state index is 12.8. The van der Waals surface area contributed by atoms with E-state index in [0.29, 0.717) is 5.56 Å². The molecule has 0 saturated carbocycles. The molecule has 0 amide bonds. The Morgan fingerprint density at radius 2 is 1.84 bits per heavy atom. The first kappa shape index (κ1) is 17.5. The van der Waals surface area contributed by atoms with Gasteiger partial charge in [0.15, 0.2) is 0 Å². The number of hydrogen-bond donors (Lipinski definition) is 3. The molecule has 0 aliphatic heterocycles. The Bertz CT molecular complexity index is 950. The van der Waals surface area contributed by atoms with Gasteiger partial charge < -0.3 is 15.0 Å². The zero-order chi connectivity index (χ0) is 18.1. The highest BCUT2D eigenvalue weighted by molar-refractivity contribution is 7.57. The average molecular weight is 357 g/mol. The van der Waals surface area contributed by atoms with E-state index in [-0.39, 0.29) is 12.3 Å². The van der Waals surface area contributed by atoms with Crippen molar-refractivity contribution < 1.29 is 19.4 Å². The van der Waals surface area contributed by atoms with Gasteiger partial charge in [0.25, 0.3) is 0 Å². The molecule has 3 N–H and O–H groups in total. The van der Waals surface area contributed by atoms with E-state index in [1.54, 1.807) is 48.7 Å². The van der Waals surface area contributed by atoms with Crippen LogP contribution in [0.5, 0.6) is 0 Å². The van der Waals surface area contributed by atoms with Crippen molar-refractivity contribution in [1.29, 1.82) is 0 Å². The molecule has 25 heavy (non-hydrogen) atoms. The second-order valence-electron chi connectivity index (χ2n) is 6.53. The van der Waals surface area contributed by atoms with E-state index < -0.39 is 18.8 Å². The molecule has 2 unspecified atom stereocenters. The Hall–Kier alpha value is -2.36. The van der Waals surface area contributed by atoms with Gasteiger partial charge in [-0.1, -0.05) is 42.5 Å². The van der Waals surface area contributed by atoms with E-state index in [0.717, 1.165) is 16.5 Å². The van der Waals surface area contributed by atoms with Crippen LogP contribution in [0, 0.1) is 0 Å². The van der Waals surface area contributed by atoms with Crippen LogP contribution in [0.3, 0.4) is 0 Å². The van der Waals surface area contributed by atoms with Crippen molar-refractivity contribution in [1.82, 2.24) is 4.98 Å². The Kier molecular flexibility index (Phi) is 4.55. The smallest absolute Gasteiger partial charge is 0.314 e. The van der Waals surface area contributed by atoms with Crippen molar-refractivity contribution in [3.8, 4) is 0 Å². The van der Waals surface area contributed by atoms with Gasteiger partial charge in [0.1, 0.15) is 0 Å². The van der Waals surface area contributed by atoms with E-state index >= 15 is 0 Å². The largest absolute Gasteiger partial charge is 0.481 e. The molecule has 1 aromatic heterocycles. The molecule has 5 nitrogen and oxygen atoms in total. The molecule has 0 saturated heterocycles. The Morgan fingerprint density at radius 1 is 1.12 bits per heavy atom. The van der Waals surface area contributed by atoms with Crippen molar-refractivity contribution in [2.45, 2.75) is 18.5 Å². The van der Waals surface area contributed by atoms with Gasteiger partial charge in [0, 0.05) is 29.4 Å². The number of aromatic amines is 1. The number of hydrogen-bond acceptors (Lipinski definition) is 2. The number of fused-ring (bicyclic) bond motifs is 1. The zero-order valence-electron chi connectivity index (χ0n) is 13.8. The summed E-state index contributed by atoms with van der Waals surface area (Å²) in [5.74, 6) is -1.11. The summed E-state index contributed by atoms with van der Waals surface area (Å²) in [6, 6.07) is 16.1. The lowest BCUT2D eigenvalue weighted by atomic mass is 9.82. The van der Waals surface area contributed by atoms with Crippen molar-refractivity contribution in [2.75, 3.05) is 6.16 Å². The molecule has 0 aliphatic carbocycles. The van der Waals surface area contributed by atoms with Crippen LogP contribution in [0.15, 0.2) is 60.8 Å². The third-order valence-electron chi connectivity index (χ3n) is 4.50. The summed E-state index contributed by atoms with van der Waals surface area (Å²) in [7, 11) is -3.71. The van der Waals surface area contributed by atoms with Crippen LogP contribution in [0.2, 0.25) is 0 Å². The lowest BCUT2D eigenvalue weighted by Crippen LogP contribution is -2.36. The summed E-state index contributed by atoms with van der Waals surface area (Å²) in [5.41, 5.74) is 0.614. The second kappa shape index (κ2) is 6.51. The normalized spacial score (nSPS) is 16.2. The van der Waals surface area contributed by atoms with Gasteiger partial charge in [-0.2, -0.15) is 0 Å². The molecule has 3 rings (SSSR count). The van der Waals surface area contributed by atoms with Gasteiger partial charge in [-0.15, -0.1) is 0 Å². The van der Waals surface area contributed by atoms with Gasteiger partial charge in [-0.05, 0) is 30.2 Å². The number of carboxylic acids is 1. The van der Waals surface area contributed by atoms with Gasteiger partial charge in [-0.3, -0.25) is 9.36 Å². The van der Waals surface area contributed by atoms with Crippen LogP contribution in [0.25, 0.3) is 10.9 Å². The number of carboxylic acid groups (broad SMARTS) is 1. The molecule has 0 fully saturated rings. The molecule has 0 aliphatic rings. The summed E-state index contributed by atoms with van der Waals surface area (Å²) in [6.45, 7) is 1.52. The summed E-state index contributed by atoms with van der Waals surface area (Å²) < 4.78 is 12.8. The highest BCUT2D eigenvalue weighted by atomic mass is 31.2. The maximum absolute atomic E-state index is 12.8. The second-order valence-corrected chi connectivity index (χ2v) is 8.85. The lowest BCUT2D eigenvalue weighted by Gasteiger charge is -2.28. The van der Waals surface area contributed by atoms with Crippen LogP contribution in [-0.2, 0) is 20.9 Å². The molecule has 1 heterocycles. The predicted octanol–water partition coefficient (Wildman–Crippen LogP) is 3.98. The van der Waals surface area contributed by atoms with Crippen LogP contribution in [-0.4, -0.2) is 27.1 Å². The average Bonchev–Trinajstić information content (AvgIpc) is 3.03. The maximum Gasteiger partial charge on any atom is 0.314 e. The number of carbonyl (C=O) groups is 1. The van der Waals surface area contributed by atoms with Crippen LogP contribution in [0.1, 0.15) is 18.1 Å². The molecule has 3 aromatic rings. The molecular weight excluding hydrogens is 337 g/mol. The number of aliphatic carboxylic acids is 1. The van der Waals surface area contributed by atoms with Crippen molar-refractivity contribution >= 4 is 24.2 Å². The molecule has 6 heteroatoms. The summed E-state index contributed by atoms with van der Waals surface area (Å²) in [5, 5.41) is 10.6. The monoisotopic (exact) mass is 357 g/mol. The van der Waals surface area contributed by atoms with Crippen LogP contribution in [0.4, 0.5) is 0 Å². The SMILES string of the molecule is CC(CP(=O)(O)Cc1ccccc1)(C(=O)O)c1cccc2[nH]ccc12. The van der Waals surface area contributed by atoms with Gasteiger partial charge >= 0.3 is 5.97 Å². The minimum absolute atomic E-state index is 0.0418. The summed E-state index contributed by atoms with van der Waals surface area (Å²) >= 11 is 0. The number of rotatable bonds is 6. The molecule has 0 spiro atoms. The number of benzene rings is 2. The number of aromatic nitrogens is 1. The predicted molar refractivity (Wildman–Crippen MR) is 98.1 cm³/mol. The van der Waals surface area contributed by atoms with Crippen molar-refractivity contribution in [2.24, 2.45) is 0 Å². The molecule has 0 radical (unpaired) electrons. The first-order valence-electron chi connectivity index (χ1n) is 7.97. The highest BCUT2D eigenvalue weighted by Gasteiger charge is 2.42. The third kappa shape index (κ3) is 3.53. The van der Waals surface area contributed by atoms with Gasteiger partial charge in [0.2, 0.25) is 7.37 Å². The zero-order valence-corrected chi connectivity index (χ0v) is 14.7. The van der Waals surface area contributed by atoms with Gasteiger partial charge in [0.05, 0.1) is 5.41 Å². The van der Waals surface area contributed by atoms with Crippen LogP contribution < -0.4 is 0 Å².